The molecule has 3 unspecified atom stereocenters. The molecule has 1 aromatic carbocycles. The van der Waals surface area contributed by atoms with Crippen molar-refractivity contribution in [3.05, 3.63) is 50.6 Å². The largest absolute Gasteiger partial charge is 0.351 e. The minimum Gasteiger partial charge on any atom is -0.351 e. The van der Waals surface area contributed by atoms with Gasteiger partial charge in [-0.25, -0.2) is 4.98 Å². The van der Waals surface area contributed by atoms with Crippen LogP contribution in [0.3, 0.4) is 0 Å². The Hall–Kier alpha value is -2.66. The summed E-state index contributed by atoms with van der Waals surface area (Å²) in [5, 5.41) is 8.13. The van der Waals surface area contributed by atoms with E-state index in [1.54, 1.807) is 23.1 Å². The van der Waals surface area contributed by atoms with Crippen molar-refractivity contribution in [3.63, 3.8) is 0 Å². The fourth-order valence-corrected chi connectivity index (χ4v) is 6.66. The minimum absolute atomic E-state index is 0. The van der Waals surface area contributed by atoms with Crippen molar-refractivity contribution in [2.45, 2.75) is 64.2 Å². The molecule has 2 aliphatic rings. The lowest BCUT2D eigenvalue weighted by Crippen LogP contribution is -2.56. The first-order valence-electron chi connectivity index (χ1n) is 13.4. The highest BCUT2D eigenvalue weighted by molar-refractivity contribution is 7.13. The number of likely N-dealkylation sites (N-methyl/N-ethyl adjacent to an activating group) is 1. The molecule has 3 amide bonds. The van der Waals surface area contributed by atoms with Crippen molar-refractivity contribution in [2.24, 2.45) is 5.92 Å². The Bertz CT molecular complexity index is 1410. The molecule has 9 nitrogen and oxygen atoms in total. The van der Waals surface area contributed by atoms with Crippen LogP contribution in [-0.2, 0) is 17.8 Å². The maximum Gasteiger partial charge on any atom is 0.280 e. The molecule has 5 rings (SSSR count). The lowest BCUT2D eigenvalue weighted by molar-refractivity contribution is -0.137. The number of benzene rings is 1. The summed E-state index contributed by atoms with van der Waals surface area (Å²) >= 11 is 7.53. The minimum atomic E-state index is -0.410. The van der Waals surface area contributed by atoms with E-state index in [0.29, 0.717) is 35.0 Å². The summed E-state index contributed by atoms with van der Waals surface area (Å²) in [7, 11) is 3.87. The third-order valence-corrected chi connectivity index (χ3v) is 9.21. The van der Waals surface area contributed by atoms with Gasteiger partial charge in [-0.2, -0.15) is 0 Å². The number of nitrogens with one attached hydrogen (secondary N) is 3. The van der Waals surface area contributed by atoms with Crippen LogP contribution in [-0.4, -0.2) is 76.3 Å². The van der Waals surface area contributed by atoms with E-state index in [4.69, 9.17) is 11.6 Å². The van der Waals surface area contributed by atoms with Crippen LogP contribution in [0.25, 0.3) is 10.9 Å². The van der Waals surface area contributed by atoms with E-state index in [9.17, 15) is 14.4 Å². The van der Waals surface area contributed by atoms with Crippen molar-refractivity contribution >= 4 is 64.0 Å². The summed E-state index contributed by atoms with van der Waals surface area (Å²) in [4.78, 5) is 52.7. The quantitative estimate of drug-likeness (QED) is 0.388. The molecule has 0 bridgehead atoms. The average Bonchev–Trinajstić information content (AvgIpc) is 3.52. The predicted molar refractivity (Wildman–Crippen MR) is 160 cm³/mol. The second-order valence-corrected chi connectivity index (χ2v) is 12.5. The zero-order chi connectivity index (χ0) is 27.8. The van der Waals surface area contributed by atoms with Crippen molar-refractivity contribution < 1.29 is 14.4 Å². The fraction of sp³-hybridized carbons (Fsp3) is 0.500. The number of hydrogen-bond donors (Lipinski definition) is 3. The Morgan fingerprint density at radius 1 is 1.15 bits per heavy atom. The van der Waals surface area contributed by atoms with Crippen molar-refractivity contribution in [1.29, 1.82) is 0 Å². The molecule has 40 heavy (non-hydrogen) atoms. The summed E-state index contributed by atoms with van der Waals surface area (Å²) < 4.78 is 0. The molecule has 0 spiro atoms. The van der Waals surface area contributed by atoms with Gasteiger partial charge in [-0.05, 0) is 64.4 Å². The van der Waals surface area contributed by atoms with Gasteiger partial charge in [0.15, 0.2) is 5.01 Å². The van der Waals surface area contributed by atoms with Gasteiger partial charge < -0.3 is 25.4 Å². The number of H-pyrrole nitrogens is 1. The van der Waals surface area contributed by atoms with Crippen molar-refractivity contribution in [1.82, 2.24) is 30.4 Å². The number of amides is 3. The van der Waals surface area contributed by atoms with Gasteiger partial charge in [0.05, 0.1) is 11.7 Å². The number of aromatic amines is 1. The standard InChI is InChI=1S/C28H35ClN6O3S.ClH/c1-15(2)35(4)28(38)16-5-7-20(31-25(36)23-13-17-11-18(29)6-8-19(17)30-23)22(12-16)32-26(37)27-33-21-9-10-34(3)14-24(21)39-27;/h6,8,11,13,15-16,20,22,30H,5,7,9-10,12,14H2,1-4H3,(H,31,36)(H,32,37);1H. The Balaban J connectivity index is 0.00000370. The average molecular weight is 608 g/mol. The Kier molecular flexibility index (Phi) is 9.44. The molecule has 12 heteroatoms. The van der Waals surface area contributed by atoms with E-state index >= 15 is 0 Å². The van der Waals surface area contributed by atoms with Crippen LogP contribution >= 0.6 is 35.3 Å². The molecule has 216 valence electrons. The highest BCUT2D eigenvalue weighted by atomic mass is 35.5. The first-order chi connectivity index (χ1) is 18.6. The molecule has 2 aromatic heterocycles. The van der Waals surface area contributed by atoms with Gasteiger partial charge >= 0.3 is 0 Å². The molecule has 3 heterocycles. The molecular formula is C28H36Cl2N6O3S. The molecule has 0 saturated heterocycles. The van der Waals surface area contributed by atoms with E-state index < -0.39 is 6.04 Å². The van der Waals surface area contributed by atoms with Gasteiger partial charge in [-0.15, -0.1) is 23.7 Å². The summed E-state index contributed by atoms with van der Waals surface area (Å²) in [6.45, 7) is 5.67. The second-order valence-electron chi connectivity index (χ2n) is 11.0. The van der Waals surface area contributed by atoms with E-state index in [0.717, 1.165) is 41.0 Å². The topological polar surface area (TPSA) is 110 Å². The number of thiazole rings is 1. The highest BCUT2D eigenvalue weighted by Gasteiger charge is 2.38. The third-order valence-electron chi connectivity index (χ3n) is 7.90. The van der Waals surface area contributed by atoms with Crippen LogP contribution in [0.2, 0.25) is 5.02 Å². The maximum absolute atomic E-state index is 13.4. The van der Waals surface area contributed by atoms with Crippen LogP contribution in [0.5, 0.6) is 0 Å². The number of fused-ring (bicyclic) bond motifs is 2. The molecule has 3 atom stereocenters. The van der Waals surface area contributed by atoms with Gasteiger partial charge in [0.2, 0.25) is 5.91 Å². The van der Waals surface area contributed by atoms with Crippen LogP contribution in [0.15, 0.2) is 24.3 Å². The number of hydrogen-bond acceptors (Lipinski definition) is 6. The molecule has 3 aromatic rings. The monoisotopic (exact) mass is 606 g/mol. The highest BCUT2D eigenvalue weighted by Crippen LogP contribution is 2.29. The Labute approximate surface area is 249 Å². The summed E-state index contributed by atoms with van der Waals surface area (Å²) in [5.41, 5.74) is 2.23. The summed E-state index contributed by atoms with van der Waals surface area (Å²) in [6.07, 6.45) is 2.48. The molecule has 3 N–H and O–H groups in total. The molecule has 1 aliphatic carbocycles. The maximum atomic E-state index is 13.4. The summed E-state index contributed by atoms with van der Waals surface area (Å²) in [5.74, 6) is -0.686. The Morgan fingerprint density at radius 3 is 2.65 bits per heavy atom. The molecule has 1 saturated carbocycles. The molecule has 1 aliphatic heterocycles. The first-order valence-corrected chi connectivity index (χ1v) is 14.6. The first kappa shape index (κ1) is 30.3. The van der Waals surface area contributed by atoms with E-state index in [1.165, 1.54) is 11.3 Å². The fourth-order valence-electron chi connectivity index (χ4n) is 5.39. The van der Waals surface area contributed by atoms with Crippen molar-refractivity contribution in [2.75, 3.05) is 20.6 Å². The molecular weight excluding hydrogens is 571 g/mol. The zero-order valence-electron chi connectivity index (χ0n) is 23.1. The van der Waals surface area contributed by atoms with Gasteiger partial charge in [-0.3, -0.25) is 14.4 Å². The van der Waals surface area contributed by atoms with Crippen LogP contribution in [0, 0.1) is 5.92 Å². The van der Waals surface area contributed by atoms with Gasteiger partial charge in [0, 0.05) is 65.4 Å². The lowest BCUT2D eigenvalue weighted by Gasteiger charge is -2.38. The number of aromatic nitrogens is 2. The normalized spacial score (nSPS) is 21.0. The number of carbonyl (C=O) groups is 3. The number of halogens is 2. The smallest absolute Gasteiger partial charge is 0.280 e. The van der Waals surface area contributed by atoms with Crippen LogP contribution in [0.4, 0.5) is 0 Å². The summed E-state index contributed by atoms with van der Waals surface area (Å²) in [6, 6.07) is 6.53. The number of nitrogens with zero attached hydrogens (tertiary/aromatic N) is 3. The number of carbonyl (C=O) groups excluding carboxylic acids is 3. The zero-order valence-corrected chi connectivity index (χ0v) is 25.5. The molecule has 0 radical (unpaired) electrons. The molecule has 1 fully saturated rings. The van der Waals surface area contributed by atoms with E-state index in [1.807, 2.05) is 27.0 Å². The van der Waals surface area contributed by atoms with Gasteiger partial charge in [0.1, 0.15) is 5.69 Å². The second kappa shape index (κ2) is 12.5. The van der Waals surface area contributed by atoms with E-state index in [2.05, 4.69) is 32.5 Å². The van der Waals surface area contributed by atoms with Gasteiger partial charge in [-0.1, -0.05) is 11.6 Å². The SMILES string of the molecule is CC(C)N(C)C(=O)C1CCC(NC(=O)c2cc3cc(Cl)ccc3[nH]2)C(NC(=O)c2nc3c(s2)CN(C)CC3)C1.Cl. The predicted octanol–water partition coefficient (Wildman–Crippen LogP) is 4.25. The lowest BCUT2D eigenvalue weighted by atomic mass is 9.81. The van der Waals surface area contributed by atoms with E-state index in [-0.39, 0.29) is 48.1 Å². The number of rotatable bonds is 6. The Morgan fingerprint density at radius 2 is 1.90 bits per heavy atom. The van der Waals surface area contributed by atoms with Gasteiger partial charge in [0.25, 0.3) is 11.8 Å². The van der Waals surface area contributed by atoms with Crippen LogP contribution in [0.1, 0.15) is 64.0 Å². The van der Waals surface area contributed by atoms with Crippen molar-refractivity contribution in [3.8, 4) is 0 Å². The third kappa shape index (κ3) is 6.46. The van der Waals surface area contributed by atoms with Crippen LogP contribution < -0.4 is 10.6 Å².